The summed E-state index contributed by atoms with van der Waals surface area (Å²) < 4.78 is 13.2. The Morgan fingerprint density at radius 2 is 1.66 bits per heavy atom. The molecule has 152 valence electrons. The Labute approximate surface area is 170 Å². The maximum absolute atomic E-state index is 13.2. The summed E-state index contributed by atoms with van der Waals surface area (Å²) in [5.41, 5.74) is 3.21. The third-order valence-corrected chi connectivity index (χ3v) is 7.10. The third-order valence-electron chi connectivity index (χ3n) is 7.10. The van der Waals surface area contributed by atoms with E-state index >= 15 is 0 Å². The molecule has 1 spiro atoms. The molecule has 2 atom stereocenters. The van der Waals surface area contributed by atoms with Crippen molar-refractivity contribution in [1.82, 2.24) is 9.80 Å². The molecule has 0 aromatic heterocycles. The molecule has 1 N–H and O–H groups in total. The number of aliphatic hydroxyl groups is 1. The lowest BCUT2D eigenvalue weighted by Gasteiger charge is -2.71. The van der Waals surface area contributed by atoms with Crippen molar-refractivity contribution in [3.63, 3.8) is 0 Å². The van der Waals surface area contributed by atoms with Crippen LogP contribution in [-0.4, -0.2) is 58.6 Å². The highest BCUT2D eigenvalue weighted by atomic mass is 19.1. The molecule has 2 aromatic rings. The van der Waals surface area contributed by atoms with Crippen molar-refractivity contribution in [3.8, 4) is 11.1 Å². The molecule has 1 amide bonds. The summed E-state index contributed by atoms with van der Waals surface area (Å²) in [5, 5.41) is 10.1. The van der Waals surface area contributed by atoms with Crippen molar-refractivity contribution in [1.29, 1.82) is 0 Å². The van der Waals surface area contributed by atoms with E-state index in [0.29, 0.717) is 0 Å². The second-order valence-corrected chi connectivity index (χ2v) is 8.93. The normalized spacial score (nSPS) is 25.6. The quantitative estimate of drug-likeness (QED) is 0.847. The van der Waals surface area contributed by atoms with E-state index in [1.165, 1.54) is 30.5 Å². The van der Waals surface area contributed by atoms with Gasteiger partial charge in [-0.3, -0.25) is 9.69 Å². The van der Waals surface area contributed by atoms with Crippen LogP contribution >= 0.6 is 0 Å². The van der Waals surface area contributed by atoms with Crippen molar-refractivity contribution in [3.05, 3.63) is 59.9 Å². The van der Waals surface area contributed by atoms with E-state index in [1.54, 1.807) is 19.1 Å². The largest absolute Gasteiger partial charge is 0.395 e. The number of rotatable bonds is 5. The van der Waals surface area contributed by atoms with Crippen molar-refractivity contribution in [2.75, 3.05) is 26.2 Å². The van der Waals surface area contributed by atoms with Crippen LogP contribution in [0.2, 0.25) is 0 Å². The molecule has 0 unspecified atom stereocenters. The van der Waals surface area contributed by atoms with Gasteiger partial charge in [-0.2, -0.15) is 0 Å². The number of nitrogens with zero attached hydrogens (tertiary/aromatic N) is 2. The highest BCUT2D eigenvalue weighted by Crippen LogP contribution is 2.55. The van der Waals surface area contributed by atoms with Gasteiger partial charge in [0.2, 0.25) is 5.91 Å². The average molecular weight is 394 g/mol. The van der Waals surface area contributed by atoms with Gasteiger partial charge in [0.25, 0.3) is 0 Å². The zero-order valence-electron chi connectivity index (χ0n) is 16.7. The average Bonchev–Trinajstić information content (AvgIpc) is 3.49. The number of hydrogen-bond donors (Lipinski definition) is 1. The molecular formula is C24H27FN2O2. The number of carbonyl (C=O) groups excluding carboxylic acids is 1. The minimum absolute atomic E-state index is 0.0426. The van der Waals surface area contributed by atoms with Gasteiger partial charge in [-0.05, 0) is 47.6 Å². The Morgan fingerprint density at radius 1 is 1.07 bits per heavy atom. The summed E-state index contributed by atoms with van der Waals surface area (Å²) in [5.74, 6) is 0.862. The fourth-order valence-electron chi connectivity index (χ4n) is 5.34. The molecule has 5 heteroatoms. The summed E-state index contributed by atoms with van der Waals surface area (Å²) in [4.78, 5) is 16.2. The highest BCUT2D eigenvalue weighted by Gasteiger charge is 2.66. The number of hydrogen-bond acceptors (Lipinski definition) is 3. The van der Waals surface area contributed by atoms with Crippen molar-refractivity contribution < 1.29 is 14.3 Å². The van der Waals surface area contributed by atoms with E-state index in [2.05, 4.69) is 29.2 Å². The standard InChI is InChI=1S/C24H27FN2O2/c1-16(29)26-14-24(15-26)23(22(13-28)27(24)12-17-2-3-17)20-6-4-18(5-7-20)19-8-10-21(25)11-9-19/h4-11,17,22-23,28H,2-3,12-15H2,1H3/t22-,23+/m1/s1. The van der Waals surface area contributed by atoms with E-state index in [1.807, 2.05) is 4.90 Å². The van der Waals surface area contributed by atoms with Crippen LogP contribution in [0.3, 0.4) is 0 Å². The first-order valence-electron chi connectivity index (χ1n) is 10.5. The lowest BCUT2D eigenvalue weighted by atomic mass is 9.60. The zero-order chi connectivity index (χ0) is 20.2. The minimum atomic E-state index is -0.233. The van der Waals surface area contributed by atoms with Gasteiger partial charge in [0, 0.05) is 38.5 Å². The Balaban J connectivity index is 1.41. The lowest BCUT2D eigenvalue weighted by Crippen LogP contribution is -2.85. The Bertz CT molecular complexity index is 901. The van der Waals surface area contributed by atoms with Gasteiger partial charge in [-0.1, -0.05) is 36.4 Å². The number of amides is 1. The van der Waals surface area contributed by atoms with Gasteiger partial charge >= 0.3 is 0 Å². The SMILES string of the molecule is CC(=O)N1CC2(C1)[C@@H](c1ccc(-c3ccc(F)cc3)cc1)[C@@H](CO)N2CC1CC1. The Kier molecular flexibility index (Phi) is 4.48. The van der Waals surface area contributed by atoms with E-state index in [4.69, 9.17) is 0 Å². The fourth-order valence-corrected chi connectivity index (χ4v) is 5.34. The van der Waals surface area contributed by atoms with Gasteiger partial charge in [0.05, 0.1) is 12.1 Å². The van der Waals surface area contributed by atoms with Gasteiger partial charge in [-0.25, -0.2) is 4.39 Å². The third kappa shape index (κ3) is 3.08. The predicted molar refractivity (Wildman–Crippen MR) is 110 cm³/mol. The Hall–Kier alpha value is -2.24. The molecule has 2 saturated heterocycles. The molecular weight excluding hydrogens is 367 g/mol. The van der Waals surface area contributed by atoms with Crippen LogP contribution in [0.1, 0.15) is 31.2 Å². The van der Waals surface area contributed by atoms with E-state index < -0.39 is 0 Å². The smallest absolute Gasteiger partial charge is 0.219 e. The van der Waals surface area contributed by atoms with Crippen LogP contribution in [-0.2, 0) is 4.79 Å². The topological polar surface area (TPSA) is 43.8 Å². The molecule has 2 heterocycles. The van der Waals surface area contributed by atoms with Crippen molar-refractivity contribution in [2.45, 2.75) is 37.3 Å². The second-order valence-electron chi connectivity index (χ2n) is 8.93. The van der Waals surface area contributed by atoms with Crippen LogP contribution in [0.15, 0.2) is 48.5 Å². The van der Waals surface area contributed by atoms with Gasteiger partial charge < -0.3 is 10.0 Å². The molecule has 1 aliphatic carbocycles. The number of aliphatic hydroxyl groups excluding tert-OH is 1. The van der Waals surface area contributed by atoms with Gasteiger partial charge in [0.1, 0.15) is 5.82 Å². The Morgan fingerprint density at radius 3 is 2.17 bits per heavy atom. The first-order chi connectivity index (χ1) is 14.0. The first-order valence-corrected chi connectivity index (χ1v) is 10.5. The fraction of sp³-hybridized carbons (Fsp3) is 0.458. The maximum Gasteiger partial charge on any atom is 0.219 e. The van der Waals surface area contributed by atoms with Crippen LogP contribution in [0.25, 0.3) is 11.1 Å². The van der Waals surface area contributed by atoms with Crippen LogP contribution in [0, 0.1) is 11.7 Å². The molecule has 0 bridgehead atoms. The number of likely N-dealkylation sites (tertiary alicyclic amines) is 2. The van der Waals surface area contributed by atoms with E-state index in [0.717, 1.165) is 36.7 Å². The number of benzene rings is 2. The predicted octanol–water partition coefficient (Wildman–Crippen LogP) is 3.26. The molecule has 2 aromatic carbocycles. The zero-order valence-corrected chi connectivity index (χ0v) is 16.7. The summed E-state index contributed by atoms with van der Waals surface area (Å²) in [6, 6.07) is 15.1. The molecule has 29 heavy (non-hydrogen) atoms. The number of carbonyl (C=O) groups is 1. The van der Waals surface area contributed by atoms with E-state index in [-0.39, 0.29) is 35.8 Å². The summed E-state index contributed by atoms with van der Waals surface area (Å²) in [6.07, 6.45) is 2.55. The molecule has 2 aliphatic heterocycles. The van der Waals surface area contributed by atoms with Crippen LogP contribution in [0.4, 0.5) is 4.39 Å². The van der Waals surface area contributed by atoms with Gasteiger partial charge in [-0.15, -0.1) is 0 Å². The molecule has 3 aliphatic rings. The van der Waals surface area contributed by atoms with Crippen LogP contribution < -0.4 is 0 Å². The molecule has 0 radical (unpaired) electrons. The van der Waals surface area contributed by atoms with E-state index in [9.17, 15) is 14.3 Å². The maximum atomic E-state index is 13.2. The summed E-state index contributed by atoms with van der Waals surface area (Å²) in [7, 11) is 0. The molecule has 3 fully saturated rings. The van der Waals surface area contributed by atoms with Crippen molar-refractivity contribution >= 4 is 5.91 Å². The van der Waals surface area contributed by atoms with Crippen LogP contribution in [0.5, 0.6) is 0 Å². The highest BCUT2D eigenvalue weighted by molar-refractivity contribution is 5.75. The first kappa shape index (κ1) is 18.8. The number of halogens is 1. The molecule has 4 nitrogen and oxygen atoms in total. The van der Waals surface area contributed by atoms with Crippen molar-refractivity contribution in [2.24, 2.45) is 5.92 Å². The van der Waals surface area contributed by atoms with Gasteiger partial charge in [0.15, 0.2) is 0 Å². The molecule has 5 rings (SSSR count). The second kappa shape index (κ2) is 6.92. The monoisotopic (exact) mass is 394 g/mol. The minimum Gasteiger partial charge on any atom is -0.395 e. The molecule has 1 saturated carbocycles. The summed E-state index contributed by atoms with van der Waals surface area (Å²) in [6.45, 7) is 4.29. The summed E-state index contributed by atoms with van der Waals surface area (Å²) >= 11 is 0. The lowest BCUT2D eigenvalue weighted by molar-refractivity contribution is -0.196.